The Hall–Kier alpha value is -1.35. The van der Waals surface area contributed by atoms with Crippen LogP contribution in [0.4, 0.5) is 0 Å². The molecule has 1 aromatic heterocycles. The zero-order valence-electron chi connectivity index (χ0n) is 9.68. The van der Waals surface area contributed by atoms with E-state index in [1.54, 1.807) is 0 Å². The molecule has 15 heavy (non-hydrogen) atoms. The molecule has 0 saturated heterocycles. The van der Waals surface area contributed by atoms with E-state index in [0.29, 0.717) is 0 Å². The van der Waals surface area contributed by atoms with Crippen LogP contribution in [0.1, 0.15) is 30.8 Å². The molecule has 0 unspecified atom stereocenters. The Balaban J connectivity index is 2.72. The van der Waals surface area contributed by atoms with Gasteiger partial charge in [-0.15, -0.1) is 0 Å². The van der Waals surface area contributed by atoms with Crippen LogP contribution in [0.3, 0.4) is 0 Å². The fourth-order valence-corrected chi connectivity index (χ4v) is 1.62. The number of rotatable bonds is 1. The maximum absolute atomic E-state index is 6.01. The number of aromatic nitrogens is 2. The van der Waals surface area contributed by atoms with Crippen molar-refractivity contribution in [3.05, 3.63) is 29.1 Å². The minimum atomic E-state index is -0.417. The molecule has 0 aliphatic carbocycles. The number of aryl methyl sites for hydroxylation is 2. The molecule has 3 heteroatoms. The van der Waals surface area contributed by atoms with Crippen molar-refractivity contribution in [2.45, 2.75) is 33.2 Å². The van der Waals surface area contributed by atoms with Crippen LogP contribution in [0, 0.1) is 13.8 Å². The van der Waals surface area contributed by atoms with E-state index in [1.165, 1.54) is 11.1 Å². The third-order valence-electron chi connectivity index (χ3n) is 2.79. The number of hydrogen-bond donors (Lipinski definition) is 2. The number of aromatic amines is 1. The molecule has 1 heterocycles. The Labute approximate surface area is 89.7 Å². The van der Waals surface area contributed by atoms with E-state index in [4.69, 9.17) is 5.73 Å². The van der Waals surface area contributed by atoms with Crippen LogP contribution in [-0.2, 0) is 5.54 Å². The zero-order chi connectivity index (χ0) is 11.2. The maximum atomic E-state index is 6.01. The van der Waals surface area contributed by atoms with Gasteiger partial charge in [0.25, 0.3) is 0 Å². The van der Waals surface area contributed by atoms with Gasteiger partial charge < -0.3 is 10.7 Å². The molecule has 0 spiro atoms. The summed E-state index contributed by atoms with van der Waals surface area (Å²) in [5.41, 5.74) is 10.2. The van der Waals surface area contributed by atoms with Gasteiger partial charge >= 0.3 is 0 Å². The summed E-state index contributed by atoms with van der Waals surface area (Å²) in [5.74, 6) is 0.839. The van der Waals surface area contributed by atoms with Crippen molar-refractivity contribution < 1.29 is 0 Å². The van der Waals surface area contributed by atoms with Crippen molar-refractivity contribution in [3.63, 3.8) is 0 Å². The van der Waals surface area contributed by atoms with Gasteiger partial charge in [0.15, 0.2) is 0 Å². The van der Waals surface area contributed by atoms with Crippen molar-refractivity contribution in [2.75, 3.05) is 0 Å². The largest absolute Gasteiger partial charge is 0.340 e. The molecule has 1 aromatic carbocycles. The van der Waals surface area contributed by atoms with E-state index in [9.17, 15) is 0 Å². The molecule has 0 atom stereocenters. The van der Waals surface area contributed by atoms with Crippen LogP contribution in [0.25, 0.3) is 11.0 Å². The Morgan fingerprint density at radius 2 is 1.93 bits per heavy atom. The number of nitrogens with two attached hydrogens (primary N) is 1. The lowest BCUT2D eigenvalue weighted by Crippen LogP contribution is -2.30. The first-order chi connectivity index (χ1) is 6.89. The standard InChI is InChI=1S/C12H17N3/c1-7-5-6-9-10(8(7)2)15-11(14-9)12(3,4)13/h5-6H,13H2,1-4H3,(H,14,15). The first-order valence-electron chi connectivity index (χ1n) is 5.15. The summed E-state index contributed by atoms with van der Waals surface area (Å²) < 4.78 is 0. The summed E-state index contributed by atoms with van der Waals surface area (Å²) in [4.78, 5) is 7.83. The van der Waals surface area contributed by atoms with E-state index in [-0.39, 0.29) is 0 Å². The van der Waals surface area contributed by atoms with E-state index in [1.807, 2.05) is 13.8 Å². The van der Waals surface area contributed by atoms with Crippen molar-refractivity contribution in [1.29, 1.82) is 0 Å². The summed E-state index contributed by atoms with van der Waals surface area (Å²) in [5, 5.41) is 0. The molecule has 0 radical (unpaired) electrons. The van der Waals surface area contributed by atoms with E-state index < -0.39 is 5.54 Å². The molecular formula is C12H17N3. The highest BCUT2D eigenvalue weighted by Gasteiger charge is 2.19. The molecule has 2 aromatic rings. The summed E-state index contributed by atoms with van der Waals surface area (Å²) in [7, 11) is 0. The second kappa shape index (κ2) is 3.07. The molecule has 0 amide bonds. The lowest BCUT2D eigenvalue weighted by atomic mass is 10.1. The van der Waals surface area contributed by atoms with Gasteiger partial charge in [-0.3, -0.25) is 0 Å². The number of hydrogen-bond acceptors (Lipinski definition) is 2. The second-order valence-electron chi connectivity index (χ2n) is 4.71. The first kappa shape index (κ1) is 10.2. The molecule has 2 rings (SSSR count). The van der Waals surface area contributed by atoms with Gasteiger partial charge in [-0.05, 0) is 44.9 Å². The molecule has 0 saturated carbocycles. The number of imidazole rings is 1. The maximum Gasteiger partial charge on any atom is 0.126 e. The lowest BCUT2D eigenvalue weighted by molar-refractivity contribution is 0.522. The molecule has 0 aliphatic rings. The monoisotopic (exact) mass is 203 g/mol. The number of nitrogens with one attached hydrogen (secondary N) is 1. The van der Waals surface area contributed by atoms with Gasteiger partial charge in [0.05, 0.1) is 16.6 Å². The fourth-order valence-electron chi connectivity index (χ4n) is 1.62. The highest BCUT2D eigenvalue weighted by atomic mass is 15.0. The highest BCUT2D eigenvalue weighted by molar-refractivity contribution is 5.80. The third-order valence-corrected chi connectivity index (χ3v) is 2.79. The average molecular weight is 203 g/mol. The molecular weight excluding hydrogens is 186 g/mol. The number of benzene rings is 1. The molecule has 0 fully saturated rings. The average Bonchev–Trinajstić information content (AvgIpc) is 2.55. The van der Waals surface area contributed by atoms with E-state index >= 15 is 0 Å². The fraction of sp³-hybridized carbons (Fsp3) is 0.417. The Kier molecular flexibility index (Phi) is 2.08. The predicted octanol–water partition coefficient (Wildman–Crippen LogP) is 2.37. The third kappa shape index (κ3) is 1.63. The van der Waals surface area contributed by atoms with Crippen molar-refractivity contribution in [1.82, 2.24) is 9.97 Å². The van der Waals surface area contributed by atoms with E-state index in [2.05, 4.69) is 35.9 Å². The Morgan fingerprint density at radius 3 is 2.53 bits per heavy atom. The Bertz CT molecular complexity index is 503. The van der Waals surface area contributed by atoms with Gasteiger partial charge in [-0.2, -0.15) is 0 Å². The summed E-state index contributed by atoms with van der Waals surface area (Å²) in [6.07, 6.45) is 0. The predicted molar refractivity (Wildman–Crippen MR) is 62.8 cm³/mol. The second-order valence-corrected chi connectivity index (χ2v) is 4.71. The first-order valence-corrected chi connectivity index (χ1v) is 5.15. The van der Waals surface area contributed by atoms with Crippen LogP contribution in [0.5, 0.6) is 0 Å². The molecule has 0 bridgehead atoms. The SMILES string of the molecule is Cc1ccc2[nH]c(C(C)(C)N)nc2c1C. The van der Waals surface area contributed by atoms with Crippen molar-refractivity contribution in [2.24, 2.45) is 5.73 Å². The van der Waals surface area contributed by atoms with Gasteiger partial charge in [-0.25, -0.2) is 4.98 Å². The van der Waals surface area contributed by atoms with Crippen molar-refractivity contribution >= 4 is 11.0 Å². The van der Waals surface area contributed by atoms with Gasteiger partial charge in [0.1, 0.15) is 5.82 Å². The molecule has 3 nitrogen and oxygen atoms in total. The topological polar surface area (TPSA) is 54.7 Å². The Morgan fingerprint density at radius 1 is 1.27 bits per heavy atom. The molecule has 0 aliphatic heterocycles. The van der Waals surface area contributed by atoms with E-state index in [0.717, 1.165) is 16.9 Å². The molecule has 80 valence electrons. The molecule has 3 N–H and O–H groups in total. The van der Waals surface area contributed by atoms with Crippen LogP contribution in [0.2, 0.25) is 0 Å². The number of fused-ring (bicyclic) bond motifs is 1. The highest BCUT2D eigenvalue weighted by Crippen LogP contribution is 2.22. The normalized spacial score (nSPS) is 12.3. The van der Waals surface area contributed by atoms with Crippen molar-refractivity contribution in [3.8, 4) is 0 Å². The number of nitrogens with zero attached hydrogens (tertiary/aromatic N) is 1. The smallest absolute Gasteiger partial charge is 0.126 e. The minimum absolute atomic E-state index is 0.417. The van der Waals surface area contributed by atoms with Crippen LogP contribution in [0.15, 0.2) is 12.1 Å². The zero-order valence-corrected chi connectivity index (χ0v) is 9.68. The minimum Gasteiger partial charge on any atom is -0.340 e. The van der Waals surface area contributed by atoms with Gasteiger partial charge in [0.2, 0.25) is 0 Å². The van der Waals surface area contributed by atoms with Crippen LogP contribution >= 0.6 is 0 Å². The summed E-state index contributed by atoms with van der Waals surface area (Å²) in [6, 6.07) is 4.16. The summed E-state index contributed by atoms with van der Waals surface area (Å²) in [6.45, 7) is 8.09. The lowest BCUT2D eigenvalue weighted by Gasteiger charge is -2.14. The van der Waals surface area contributed by atoms with Gasteiger partial charge in [-0.1, -0.05) is 6.07 Å². The number of H-pyrrole nitrogens is 1. The van der Waals surface area contributed by atoms with Crippen LogP contribution in [-0.4, -0.2) is 9.97 Å². The van der Waals surface area contributed by atoms with Crippen LogP contribution < -0.4 is 5.73 Å². The summed E-state index contributed by atoms with van der Waals surface area (Å²) >= 11 is 0. The quantitative estimate of drug-likeness (QED) is 0.747. The van der Waals surface area contributed by atoms with Gasteiger partial charge in [0, 0.05) is 0 Å².